The van der Waals surface area contributed by atoms with Gasteiger partial charge < -0.3 is 5.32 Å². The molecule has 0 saturated heterocycles. The molecule has 2 rings (SSSR count). The summed E-state index contributed by atoms with van der Waals surface area (Å²) >= 11 is 8.84. The van der Waals surface area contributed by atoms with Gasteiger partial charge in [0.15, 0.2) is 4.34 Å². The first kappa shape index (κ1) is 16.3. The lowest BCUT2D eigenvalue weighted by atomic mass is 10.2. The van der Waals surface area contributed by atoms with Crippen LogP contribution < -0.4 is 5.32 Å². The van der Waals surface area contributed by atoms with Crippen molar-refractivity contribution in [3.05, 3.63) is 30.3 Å². The SMILES string of the molecule is CCSc1nc(-c2ccccc2)c(NC(=O)CCCCl)s1. The number of hydrogen-bond donors (Lipinski definition) is 1. The molecule has 0 aliphatic heterocycles. The third-order valence-corrected chi connectivity index (χ3v) is 4.98. The molecule has 0 spiro atoms. The van der Waals surface area contributed by atoms with Crippen molar-refractivity contribution in [3.8, 4) is 11.3 Å². The summed E-state index contributed by atoms with van der Waals surface area (Å²) in [6.07, 6.45) is 1.12. The first-order valence-corrected chi connectivity index (χ1v) is 9.13. The highest BCUT2D eigenvalue weighted by atomic mass is 35.5. The van der Waals surface area contributed by atoms with Crippen molar-refractivity contribution in [2.24, 2.45) is 0 Å². The maximum atomic E-state index is 11.9. The van der Waals surface area contributed by atoms with Gasteiger partial charge in [-0.15, -0.1) is 11.6 Å². The molecule has 112 valence electrons. The average molecular weight is 341 g/mol. The Kier molecular flexibility index (Phi) is 6.54. The molecule has 1 N–H and O–H groups in total. The minimum absolute atomic E-state index is 0.00969. The number of nitrogens with zero attached hydrogens (tertiary/aromatic N) is 1. The summed E-state index contributed by atoms with van der Waals surface area (Å²) in [5.74, 6) is 1.45. The molecule has 3 nitrogen and oxygen atoms in total. The highest BCUT2D eigenvalue weighted by Gasteiger charge is 2.15. The minimum atomic E-state index is -0.00969. The number of nitrogens with one attached hydrogen (secondary N) is 1. The molecular formula is C15H17ClN2OS2. The van der Waals surface area contributed by atoms with E-state index in [0.29, 0.717) is 18.7 Å². The van der Waals surface area contributed by atoms with Gasteiger partial charge in [0.25, 0.3) is 0 Å². The molecule has 0 bridgehead atoms. The van der Waals surface area contributed by atoms with Crippen molar-refractivity contribution in [2.45, 2.75) is 24.1 Å². The van der Waals surface area contributed by atoms with Crippen LogP contribution in [0.1, 0.15) is 19.8 Å². The fraction of sp³-hybridized carbons (Fsp3) is 0.333. The molecule has 1 heterocycles. The van der Waals surface area contributed by atoms with Crippen LogP contribution in [0.25, 0.3) is 11.3 Å². The summed E-state index contributed by atoms with van der Waals surface area (Å²) in [6, 6.07) is 9.92. The Morgan fingerprint density at radius 3 is 2.81 bits per heavy atom. The van der Waals surface area contributed by atoms with Crippen molar-refractivity contribution in [3.63, 3.8) is 0 Å². The van der Waals surface area contributed by atoms with Gasteiger partial charge in [-0.25, -0.2) is 4.98 Å². The number of hydrogen-bond acceptors (Lipinski definition) is 4. The number of anilines is 1. The molecule has 0 aliphatic rings. The molecule has 1 aromatic heterocycles. The fourth-order valence-corrected chi connectivity index (χ4v) is 3.89. The Hall–Kier alpha value is -1.04. The topological polar surface area (TPSA) is 42.0 Å². The third-order valence-electron chi connectivity index (χ3n) is 2.71. The summed E-state index contributed by atoms with van der Waals surface area (Å²) < 4.78 is 0.976. The average Bonchev–Trinajstić information content (AvgIpc) is 2.89. The number of aromatic nitrogens is 1. The van der Waals surface area contributed by atoms with Crippen LogP contribution in [0, 0.1) is 0 Å². The van der Waals surface area contributed by atoms with E-state index < -0.39 is 0 Å². The van der Waals surface area contributed by atoms with Crippen LogP contribution in [-0.4, -0.2) is 22.5 Å². The summed E-state index contributed by atoms with van der Waals surface area (Å²) in [5.41, 5.74) is 1.86. The molecule has 1 aromatic carbocycles. The van der Waals surface area contributed by atoms with E-state index in [1.807, 2.05) is 30.3 Å². The Labute approximate surface area is 138 Å². The van der Waals surface area contributed by atoms with E-state index in [1.165, 1.54) is 11.3 Å². The van der Waals surface area contributed by atoms with Gasteiger partial charge in [0.2, 0.25) is 5.91 Å². The smallest absolute Gasteiger partial charge is 0.225 e. The maximum absolute atomic E-state index is 11.9. The zero-order valence-electron chi connectivity index (χ0n) is 11.8. The molecule has 6 heteroatoms. The standard InChI is InChI=1S/C15H17ClN2OS2/c1-2-20-15-18-13(11-7-4-3-5-8-11)14(21-15)17-12(19)9-6-10-16/h3-5,7-8H,2,6,9-10H2,1H3,(H,17,19). The molecule has 0 radical (unpaired) electrons. The normalized spacial score (nSPS) is 10.6. The van der Waals surface area contributed by atoms with E-state index in [-0.39, 0.29) is 5.91 Å². The number of halogens is 1. The van der Waals surface area contributed by atoms with Crippen LogP contribution in [-0.2, 0) is 4.79 Å². The number of alkyl halides is 1. The van der Waals surface area contributed by atoms with Gasteiger partial charge in [-0.05, 0) is 12.2 Å². The molecule has 0 unspecified atom stereocenters. The maximum Gasteiger partial charge on any atom is 0.225 e. The van der Waals surface area contributed by atoms with E-state index in [9.17, 15) is 4.79 Å². The van der Waals surface area contributed by atoms with Gasteiger partial charge in [-0.2, -0.15) is 0 Å². The van der Waals surface area contributed by atoms with Crippen molar-refractivity contribution >= 4 is 45.6 Å². The van der Waals surface area contributed by atoms with E-state index in [2.05, 4.69) is 17.2 Å². The van der Waals surface area contributed by atoms with Crippen LogP contribution in [0.2, 0.25) is 0 Å². The van der Waals surface area contributed by atoms with E-state index in [4.69, 9.17) is 11.6 Å². The molecule has 2 aromatic rings. The highest BCUT2D eigenvalue weighted by molar-refractivity contribution is 8.01. The second-order valence-corrected chi connectivity index (χ2v) is 7.19. The quantitative estimate of drug-likeness (QED) is 0.577. The lowest BCUT2D eigenvalue weighted by Gasteiger charge is -2.04. The van der Waals surface area contributed by atoms with E-state index >= 15 is 0 Å². The molecule has 1 amide bonds. The first-order chi connectivity index (χ1) is 10.2. The van der Waals surface area contributed by atoms with Gasteiger partial charge in [-0.1, -0.05) is 60.4 Å². The lowest BCUT2D eigenvalue weighted by molar-refractivity contribution is -0.116. The number of benzene rings is 1. The fourth-order valence-electron chi connectivity index (χ4n) is 1.78. The van der Waals surface area contributed by atoms with E-state index in [1.54, 1.807) is 11.8 Å². The van der Waals surface area contributed by atoms with Crippen molar-refractivity contribution in [2.75, 3.05) is 16.9 Å². The lowest BCUT2D eigenvalue weighted by Crippen LogP contribution is -2.10. The van der Waals surface area contributed by atoms with Crippen LogP contribution in [0.3, 0.4) is 0 Å². The van der Waals surface area contributed by atoms with Crippen molar-refractivity contribution in [1.82, 2.24) is 4.98 Å². The number of thioether (sulfide) groups is 1. The van der Waals surface area contributed by atoms with Crippen LogP contribution >= 0.6 is 34.7 Å². The Balaban J connectivity index is 2.24. The van der Waals surface area contributed by atoms with Gasteiger partial charge in [0.05, 0.1) is 0 Å². The molecule has 0 saturated carbocycles. The molecule has 0 fully saturated rings. The zero-order chi connectivity index (χ0) is 15.1. The summed E-state index contributed by atoms with van der Waals surface area (Å²) in [7, 11) is 0. The van der Waals surface area contributed by atoms with E-state index in [0.717, 1.165) is 26.4 Å². The first-order valence-electron chi connectivity index (χ1n) is 6.79. The number of amides is 1. The summed E-state index contributed by atoms with van der Waals surface area (Å²) in [6.45, 7) is 2.09. The predicted octanol–water partition coefficient (Wildman–Crippen LogP) is 4.88. The Morgan fingerprint density at radius 1 is 1.38 bits per heavy atom. The van der Waals surface area contributed by atoms with Crippen LogP contribution in [0.5, 0.6) is 0 Å². The molecule has 21 heavy (non-hydrogen) atoms. The second kappa shape index (κ2) is 8.41. The number of carbonyl (C=O) groups excluding carboxylic acids is 1. The van der Waals surface area contributed by atoms with Gasteiger partial charge in [-0.3, -0.25) is 4.79 Å². The Morgan fingerprint density at radius 2 is 2.14 bits per heavy atom. The monoisotopic (exact) mass is 340 g/mol. The zero-order valence-corrected chi connectivity index (χ0v) is 14.2. The van der Waals surface area contributed by atoms with Gasteiger partial charge in [0.1, 0.15) is 10.7 Å². The van der Waals surface area contributed by atoms with Crippen molar-refractivity contribution < 1.29 is 4.79 Å². The predicted molar refractivity (Wildman–Crippen MR) is 92.5 cm³/mol. The third kappa shape index (κ3) is 4.73. The number of thiazole rings is 1. The summed E-state index contributed by atoms with van der Waals surface area (Å²) in [4.78, 5) is 16.6. The Bertz CT molecular complexity index is 587. The van der Waals surface area contributed by atoms with Gasteiger partial charge >= 0.3 is 0 Å². The molecule has 0 aliphatic carbocycles. The number of carbonyl (C=O) groups is 1. The van der Waals surface area contributed by atoms with Crippen molar-refractivity contribution in [1.29, 1.82) is 0 Å². The second-order valence-electron chi connectivity index (χ2n) is 4.30. The molecule has 0 atom stereocenters. The summed E-state index contributed by atoms with van der Waals surface area (Å²) in [5, 5.41) is 3.78. The highest BCUT2D eigenvalue weighted by Crippen LogP contribution is 2.37. The largest absolute Gasteiger partial charge is 0.316 e. The molecular weight excluding hydrogens is 324 g/mol. The van der Waals surface area contributed by atoms with Gasteiger partial charge in [0, 0.05) is 17.9 Å². The minimum Gasteiger partial charge on any atom is -0.316 e. The number of rotatable bonds is 7. The van der Waals surface area contributed by atoms with Crippen LogP contribution in [0.15, 0.2) is 34.7 Å². The van der Waals surface area contributed by atoms with Crippen LogP contribution in [0.4, 0.5) is 5.00 Å².